The summed E-state index contributed by atoms with van der Waals surface area (Å²) >= 11 is 0. The number of nitrogens with zero attached hydrogens (tertiary/aromatic N) is 4. The van der Waals surface area contributed by atoms with Crippen molar-refractivity contribution in [1.29, 1.82) is 0 Å². The van der Waals surface area contributed by atoms with Crippen LogP contribution in [-0.4, -0.2) is 34.9 Å². The number of aromatic nitrogens is 2. The fourth-order valence-corrected chi connectivity index (χ4v) is 2.52. The molecule has 0 amide bonds. The molecule has 1 heterocycles. The Morgan fingerprint density at radius 3 is 2.61 bits per heavy atom. The van der Waals surface area contributed by atoms with Gasteiger partial charge in [-0.2, -0.15) is 5.10 Å². The van der Waals surface area contributed by atoms with Gasteiger partial charge in [-0.3, -0.25) is 5.01 Å². The first-order valence-corrected chi connectivity index (χ1v) is 8.82. The van der Waals surface area contributed by atoms with Crippen LogP contribution in [0.3, 0.4) is 0 Å². The summed E-state index contributed by atoms with van der Waals surface area (Å²) in [5.74, 6) is 2.01. The Bertz CT molecular complexity index is 984. The Morgan fingerprint density at radius 1 is 1.14 bits per heavy atom. The average Bonchev–Trinajstić information content (AvgIpc) is 2.71. The van der Waals surface area contributed by atoms with Crippen LogP contribution in [0.15, 0.2) is 72.4 Å². The normalized spacial score (nSPS) is 10.8. The van der Waals surface area contributed by atoms with E-state index in [9.17, 15) is 5.11 Å². The van der Waals surface area contributed by atoms with E-state index in [2.05, 4.69) is 21.6 Å². The Morgan fingerprint density at radius 2 is 1.89 bits per heavy atom. The van der Waals surface area contributed by atoms with Crippen LogP contribution in [0.25, 0.3) is 11.4 Å². The smallest absolute Gasteiger partial charge is 0.165 e. The molecule has 3 aromatic rings. The monoisotopic (exact) mass is 374 g/mol. The molecule has 28 heavy (non-hydrogen) atoms. The number of hydrogen-bond donors (Lipinski definition) is 1. The van der Waals surface area contributed by atoms with Gasteiger partial charge < -0.3 is 9.84 Å². The van der Waals surface area contributed by atoms with Gasteiger partial charge in [-0.1, -0.05) is 24.8 Å². The van der Waals surface area contributed by atoms with Crippen LogP contribution < -0.4 is 9.75 Å². The van der Waals surface area contributed by atoms with Crippen molar-refractivity contribution in [2.45, 2.75) is 6.92 Å². The number of aryl methyl sites for hydroxylation is 1. The van der Waals surface area contributed by atoms with Crippen LogP contribution in [0.1, 0.15) is 11.3 Å². The molecule has 0 saturated heterocycles. The van der Waals surface area contributed by atoms with Gasteiger partial charge in [0, 0.05) is 18.8 Å². The summed E-state index contributed by atoms with van der Waals surface area (Å²) in [6.45, 7) is 5.99. The highest BCUT2D eigenvalue weighted by Gasteiger charge is 2.10. The summed E-state index contributed by atoms with van der Waals surface area (Å²) in [5, 5.41) is 16.2. The minimum absolute atomic E-state index is 0.143. The lowest BCUT2D eigenvalue weighted by Gasteiger charge is -2.14. The minimum atomic E-state index is 0.143. The maximum absolute atomic E-state index is 10.1. The number of ether oxygens (including phenoxy) is 1. The van der Waals surface area contributed by atoms with E-state index in [1.807, 2.05) is 50.4 Å². The number of anilines is 1. The van der Waals surface area contributed by atoms with Gasteiger partial charge in [0.25, 0.3) is 0 Å². The summed E-state index contributed by atoms with van der Waals surface area (Å²) in [6, 6.07) is 16.5. The summed E-state index contributed by atoms with van der Waals surface area (Å²) < 4.78 is 5.47. The van der Waals surface area contributed by atoms with E-state index in [1.54, 1.807) is 35.5 Å². The molecule has 6 nitrogen and oxygen atoms in total. The third-order valence-electron chi connectivity index (χ3n) is 3.95. The summed E-state index contributed by atoms with van der Waals surface area (Å²) in [6.07, 6.45) is 3.45. The second-order valence-corrected chi connectivity index (χ2v) is 6.15. The lowest BCUT2D eigenvalue weighted by molar-refractivity contribution is 0.363. The molecule has 0 radical (unpaired) electrons. The number of hydrogen-bond acceptors (Lipinski definition) is 6. The fourth-order valence-electron chi connectivity index (χ4n) is 2.52. The molecule has 142 valence electrons. The minimum Gasteiger partial charge on any atom is -0.507 e. The Hall–Kier alpha value is -3.67. The Labute approximate surface area is 164 Å². The number of aromatic hydroxyl groups is 1. The molecule has 3 rings (SSSR count). The first kappa shape index (κ1) is 19.1. The molecule has 1 aromatic heterocycles. The number of rotatable bonds is 7. The predicted molar refractivity (Wildman–Crippen MR) is 112 cm³/mol. The van der Waals surface area contributed by atoms with E-state index in [-0.39, 0.29) is 5.75 Å². The first-order valence-electron chi connectivity index (χ1n) is 8.82. The molecule has 0 unspecified atom stereocenters. The van der Waals surface area contributed by atoms with E-state index in [0.29, 0.717) is 23.8 Å². The second kappa shape index (κ2) is 8.81. The second-order valence-electron chi connectivity index (χ2n) is 6.15. The van der Waals surface area contributed by atoms with E-state index in [4.69, 9.17) is 4.74 Å². The molecule has 0 spiro atoms. The van der Waals surface area contributed by atoms with Crippen molar-refractivity contribution in [3.63, 3.8) is 0 Å². The quantitative estimate of drug-likeness (QED) is 0.381. The van der Waals surface area contributed by atoms with Crippen molar-refractivity contribution < 1.29 is 9.84 Å². The topological polar surface area (TPSA) is 70.8 Å². The summed E-state index contributed by atoms with van der Waals surface area (Å²) in [7, 11) is 1.81. The third-order valence-corrected chi connectivity index (χ3v) is 3.95. The molecular formula is C22H22N4O2. The van der Waals surface area contributed by atoms with Gasteiger partial charge in [-0.25, -0.2) is 9.97 Å². The van der Waals surface area contributed by atoms with Crippen LogP contribution >= 0.6 is 0 Å². The zero-order chi connectivity index (χ0) is 19.9. The van der Waals surface area contributed by atoms with Crippen molar-refractivity contribution in [3.8, 4) is 22.9 Å². The van der Waals surface area contributed by atoms with Crippen molar-refractivity contribution in [2.75, 3.05) is 18.7 Å². The van der Waals surface area contributed by atoms with Crippen LogP contribution in [-0.2, 0) is 0 Å². The molecule has 0 aliphatic heterocycles. The number of hydrazone groups is 1. The number of para-hydroxylation sites is 1. The molecule has 0 aliphatic carbocycles. The van der Waals surface area contributed by atoms with Crippen molar-refractivity contribution in [1.82, 2.24) is 9.97 Å². The van der Waals surface area contributed by atoms with Gasteiger partial charge >= 0.3 is 0 Å². The molecule has 2 aromatic carbocycles. The molecule has 1 N–H and O–H groups in total. The largest absolute Gasteiger partial charge is 0.507 e. The van der Waals surface area contributed by atoms with Crippen molar-refractivity contribution in [3.05, 3.63) is 78.5 Å². The number of phenolic OH excluding ortho intramolecular Hbond substituents is 1. The highest BCUT2D eigenvalue weighted by Crippen LogP contribution is 2.27. The van der Waals surface area contributed by atoms with Crippen molar-refractivity contribution in [2.24, 2.45) is 5.10 Å². The molecular weight excluding hydrogens is 352 g/mol. The highest BCUT2D eigenvalue weighted by atomic mass is 16.5. The SMILES string of the molecule is C=CCOc1ccc(/C=N\N(C)c2cc(C)nc(-c3ccccc3O)n2)cc1. The molecule has 0 bridgehead atoms. The molecule has 0 saturated carbocycles. The first-order chi connectivity index (χ1) is 13.6. The van der Waals surface area contributed by atoms with Gasteiger partial charge in [0.15, 0.2) is 11.6 Å². The van der Waals surface area contributed by atoms with Gasteiger partial charge in [-0.05, 0) is 48.9 Å². The molecule has 0 aliphatic rings. The summed E-state index contributed by atoms with van der Waals surface area (Å²) in [4.78, 5) is 8.97. The van der Waals surface area contributed by atoms with Crippen molar-refractivity contribution >= 4 is 12.0 Å². The molecule has 0 fully saturated rings. The van der Waals surface area contributed by atoms with Crippen LogP contribution in [0, 0.1) is 6.92 Å². The fraction of sp³-hybridized carbons (Fsp3) is 0.136. The van der Waals surface area contributed by atoms with E-state index in [1.165, 1.54) is 0 Å². The number of phenols is 1. The van der Waals surface area contributed by atoms with E-state index < -0.39 is 0 Å². The van der Waals surface area contributed by atoms with Crippen LogP contribution in [0.5, 0.6) is 11.5 Å². The van der Waals surface area contributed by atoms with E-state index >= 15 is 0 Å². The van der Waals surface area contributed by atoms with E-state index in [0.717, 1.165) is 17.0 Å². The van der Waals surface area contributed by atoms with Gasteiger partial charge in [0.1, 0.15) is 18.1 Å². The average molecular weight is 374 g/mol. The molecule has 6 heteroatoms. The maximum Gasteiger partial charge on any atom is 0.165 e. The Balaban J connectivity index is 1.79. The predicted octanol–water partition coefficient (Wildman–Crippen LogP) is 4.19. The van der Waals surface area contributed by atoms with Gasteiger partial charge in [-0.15, -0.1) is 0 Å². The molecule has 0 atom stereocenters. The lowest BCUT2D eigenvalue weighted by Crippen LogP contribution is -2.12. The zero-order valence-electron chi connectivity index (χ0n) is 15.9. The Kier molecular flexibility index (Phi) is 6.01. The van der Waals surface area contributed by atoms with Gasteiger partial charge in [0.2, 0.25) is 0 Å². The lowest BCUT2D eigenvalue weighted by atomic mass is 10.2. The number of benzene rings is 2. The van der Waals surface area contributed by atoms with Crippen LogP contribution in [0.4, 0.5) is 5.82 Å². The zero-order valence-corrected chi connectivity index (χ0v) is 15.9. The van der Waals surface area contributed by atoms with Gasteiger partial charge in [0.05, 0.1) is 11.8 Å². The standard InChI is InChI=1S/C22H22N4O2/c1-4-13-28-18-11-9-17(10-12-18)15-23-26(3)21-14-16(2)24-22(25-21)19-7-5-6-8-20(19)27/h4-12,14-15,27H,1,13H2,2-3H3/b23-15-. The maximum atomic E-state index is 10.1. The summed E-state index contributed by atoms with van der Waals surface area (Å²) in [5.41, 5.74) is 2.30. The third kappa shape index (κ3) is 4.73. The van der Waals surface area contributed by atoms with Crippen LogP contribution in [0.2, 0.25) is 0 Å². The highest BCUT2D eigenvalue weighted by molar-refractivity contribution is 5.80.